The molecule has 0 saturated heterocycles. The first-order valence-corrected chi connectivity index (χ1v) is 8.37. The molecule has 1 atom stereocenters. The average molecular weight is 305 g/mol. The zero-order valence-electron chi connectivity index (χ0n) is 14.8. The number of carbonyl (C=O) groups is 1. The highest BCUT2D eigenvalue weighted by Gasteiger charge is 2.17. The average Bonchev–Trinajstić information content (AvgIpc) is 2.45. The quantitative estimate of drug-likeness (QED) is 0.738. The van der Waals surface area contributed by atoms with Gasteiger partial charge < -0.3 is 5.32 Å². The number of unbranched alkanes of at least 4 members (excludes halogenated alkanes) is 1. The minimum absolute atomic E-state index is 0.110. The Labute approximate surface area is 135 Å². The summed E-state index contributed by atoms with van der Waals surface area (Å²) in [6, 6.07) is 0. The van der Waals surface area contributed by atoms with Crippen molar-refractivity contribution < 1.29 is 4.79 Å². The van der Waals surface area contributed by atoms with Crippen LogP contribution in [-0.2, 0) is 11.3 Å². The molecule has 1 aromatic heterocycles. The molecule has 1 amide bonds. The molecule has 1 unspecified atom stereocenters. The van der Waals surface area contributed by atoms with Crippen molar-refractivity contribution in [2.75, 3.05) is 0 Å². The number of carbonyl (C=O) groups excluding carboxylic acids is 1. The Morgan fingerprint density at radius 2 is 1.95 bits per heavy atom. The van der Waals surface area contributed by atoms with Gasteiger partial charge >= 0.3 is 0 Å². The van der Waals surface area contributed by atoms with Gasteiger partial charge in [0.1, 0.15) is 0 Å². The number of hydrogen-bond acceptors (Lipinski definition) is 3. The summed E-state index contributed by atoms with van der Waals surface area (Å²) in [4.78, 5) is 20.7. The lowest BCUT2D eigenvalue weighted by Gasteiger charge is -2.19. The summed E-state index contributed by atoms with van der Waals surface area (Å²) in [7, 11) is 0. The third-order valence-electron chi connectivity index (χ3n) is 3.87. The van der Waals surface area contributed by atoms with Crippen LogP contribution in [0.5, 0.6) is 0 Å². The molecule has 0 bridgehead atoms. The molecule has 0 aliphatic heterocycles. The van der Waals surface area contributed by atoms with E-state index in [-0.39, 0.29) is 11.8 Å². The Balaban J connectivity index is 2.33. The van der Waals surface area contributed by atoms with Crippen LogP contribution < -0.4 is 5.32 Å². The summed E-state index contributed by atoms with van der Waals surface area (Å²) in [6.45, 7) is 11.2. The van der Waals surface area contributed by atoms with Gasteiger partial charge in [-0.25, -0.2) is 0 Å². The monoisotopic (exact) mass is 305 g/mol. The van der Waals surface area contributed by atoms with Gasteiger partial charge in [0.2, 0.25) is 5.91 Å². The Morgan fingerprint density at radius 3 is 2.50 bits per heavy atom. The van der Waals surface area contributed by atoms with Crippen molar-refractivity contribution in [1.82, 2.24) is 15.3 Å². The number of rotatable bonds is 8. The van der Waals surface area contributed by atoms with Crippen molar-refractivity contribution >= 4 is 5.91 Å². The molecule has 0 fully saturated rings. The minimum Gasteiger partial charge on any atom is -0.350 e. The first-order chi connectivity index (χ1) is 10.3. The molecule has 22 heavy (non-hydrogen) atoms. The molecule has 0 radical (unpaired) electrons. The van der Waals surface area contributed by atoms with Gasteiger partial charge in [-0.05, 0) is 31.6 Å². The van der Waals surface area contributed by atoms with Gasteiger partial charge in [0, 0.05) is 12.1 Å². The second-order valence-corrected chi connectivity index (χ2v) is 7.28. The maximum atomic E-state index is 12.2. The van der Waals surface area contributed by atoms with E-state index in [4.69, 9.17) is 0 Å². The molecule has 4 heteroatoms. The smallest absolute Gasteiger partial charge is 0.223 e. The SMILES string of the molecule is CCC(CCCCC(C)(C)C)C(=O)NCc1cnc(C)cn1. The molecule has 1 heterocycles. The normalized spacial score (nSPS) is 13.0. The number of nitrogens with zero attached hydrogens (tertiary/aromatic N) is 2. The predicted molar refractivity (Wildman–Crippen MR) is 90.3 cm³/mol. The lowest BCUT2D eigenvalue weighted by molar-refractivity contribution is -0.125. The molecule has 0 spiro atoms. The molecular weight excluding hydrogens is 274 g/mol. The summed E-state index contributed by atoms with van der Waals surface area (Å²) in [5.41, 5.74) is 2.08. The standard InChI is InChI=1S/C18H31N3O/c1-6-15(9-7-8-10-18(3,4)5)17(22)21-13-16-12-19-14(2)11-20-16/h11-12,15H,6-10,13H2,1-5H3,(H,21,22). The van der Waals surface area contributed by atoms with Crippen LogP contribution in [0.15, 0.2) is 12.4 Å². The van der Waals surface area contributed by atoms with Crippen molar-refractivity contribution in [2.45, 2.75) is 73.3 Å². The van der Waals surface area contributed by atoms with E-state index >= 15 is 0 Å². The van der Waals surface area contributed by atoms with Crippen LogP contribution in [0, 0.1) is 18.3 Å². The van der Waals surface area contributed by atoms with E-state index in [0.29, 0.717) is 12.0 Å². The largest absolute Gasteiger partial charge is 0.350 e. The van der Waals surface area contributed by atoms with Gasteiger partial charge in [-0.3, -0.25) is 14.8 Å². The first-order valence-electron chi connectivity index (χ1n) is 8.37. The summed E-state index contributed by atoms with van der Waals surface area (Å²) in [5.74, 6) is 0.249. The molecule has 0 aromatic carbocycles. The van der Waals surface area contributed by atoms with Crippen molar-refractivity contribution in [3.8, 4) is 0 Å². The third-order valence-corrected chi connectivity index (χ3v) is 3.87. The van der Waals surface area contributed by atoms with E-state index in [9.17, 15) is 4.79 Å². The summed E-state index contributed by atoms with van der Waals surface area (Å²) in [6.07, 6.45) is 8.83. The molecule has 124 valence electrons. The molecule has 0 aliphatic rings. The maximum Gasteiger partial charge on any atom is 0.223 e. The fourth-order valence-electron chi connectivity index (χ4n) is 2.40. The van der Waals surface area contributed by atoms with Crippen LogP contribution in [0.25, 0.3) is 0 Å². The van der Waals surface area contributed by atoms with E-state index in [1.165, 1.54) is 12.8 Å². The van der Waals surface area contributed by atoms with Gasteiger partial charge in [-0.1, -0.05) is 40.5 Å². The number of amides is 1. The van der Waals surface area contributed by atoms with Crippen molar-refractivity contribution in [3.05, 3.63) is 23.8 Å². The van der Waals surface area contributed by atoms with Crippen LogP contribution in [0.1, 0.15) is 71.2 Å². The number of aryl methyl sites for hydroxylation is 1. The Bertz CT molecular complexity index is 448. The molecule has 0 aliphatic carbocycles. The fraction of sp³-hybridized carbons (Fsp3) is 0.722. The van der Waals surface area contributed by atoms with Crippen molar-refractivity contribution in [1.29, 1.82) is 0 Å². The zero-order valence-corrected chi connectivity index (χ0v) is 14.8. The Hall–Kier alpha value is -1.45. The van der Waals surface area contributed by atoms with Gasteiger partial charge in [0.05, 0.1) is 24.1 Å². The molecule has 1 N–H and O–H groups in total. The number of nitrogens with one attached hydrogen (secondary N) is 1. The molecule has 4 nitrogen and oxygen atoms in total. The van der Waals surface area contributed by atoms with E-state index in [1.54, 1.807) is 12.4 Å². The van der Waals surface area contributed by atoms with Crippen LogP contribution in [0.4, 0.5) is 0 Å². The van der Waals surface area contributed by atoms with Crippen LogP contribution in [-0.4, -0.2) is 15.9 Å². The Morgan fingerprint density at radius 1 is 1.23 bits per heavy atom. The van der Waals surface area contributed by atoms with Gasteiger partial charge in [0.15, 0.2) is 0 Å². The van der Waals surface area contributed by atoms with Crippen LogP contribution in [0.3, 0.4) is 0 Å². The Kier molecular flexibility index (Phi) is 7.49. The minimum atomic E-state index is 0.110. The highest BCUT2D eigenvalue weighted by Crippen LogP contribution is 2.23. The second-order valence-electron chi connectivity index (χ2n) is 7.28. The van der Waals surface area contributed by atoms with Crippen molar-refractivity contribution in [3.63, 3.8) is 0 Å². The number of aromatic nitrogens is 2. The number of hydrogen-bond donors (Lipinski definition) is 1. The van der Waals surface area contributed by atoms with Crippen LogP contribution in [0.2, 0.25) is 0 Å². The topological polar surface area (TPSA) is 54.9 Å². The molecule has 1 aromatic rings. The van der Waals surface area contributed by atoms with Crippen molar-refractivity contribution in [2.24, 2.45) is 11.3 Å². The van der Waals surface area contributed by atoms with E-state index in [2.05, 4.69) is 43.0 Å². The summed E-state index contributed by atoms with van der Waals surface area (Å²) >= 11 is 0. The first kappa shape index (κ1) is 18.6. The van der Waals surface area contributed by atoms with Gasteiger partial charge in [-0.15, -0.1) is 0 Å². The zero-order chi connectivity index (χ0) is 16.6. The van der Waals surface area contributed by atoms with E-state index < -0.39 is 0 Å². The van der Waals surface area contributed by atoms with Gasteiger partial charge in [0.25, 0.3) is 0 Å². The lowest BCUT2D eigenvalue weighted by atomic mass is 9.88. The lowest BCUT2D eigenvalue weighted by Crippen LogP contribution is -2.30. The third kappa shape index (κ3) is 7.53. The highest BCUT2D eigenvalue weighted by atomic mass is 16.1. The molecule has 0 saturated carbocycles. The maximum absolute atomic E-state index is 12.2. The highest BCUT2D eigenvalue weighted by molar-refractivity contribution is 5.78. The molecular formula is C18H31N3O. The second kappa shape index (κ2) is 8.86. The molecule has 1 rings (SSSR count). The predicted octanol–water partition coefficient (Wildman–Crippen LogP) is 4.03. The van der Waals surface area contributed by atoms with E-state index in [0.717, 1.165) is 30.7 Å². The van der Waals surface area contributed by atoms with E-state index in [1.807, 2.05) is 6.92 Å². The summed E-state index contributed by atoms with van der Waals surface area (Å²) < 4.78 is 0. The van der Waals surface area contributed by atoms with Crippen LogP contribution >= 0.6 is 0 Å². The van der Waals surface area contributed by atoms with Gasteiger partial charge in [-0.2, -0.15) is 0 Å². The fourth-order valence-corrected chi connectivity index (χ4v) is 2.40. The summed E-state index contributed by atoms with van der Waals surface area (Å²) in [5, 5.41) is 2.99.